The largest absolute Gasteiger partial charge is 0.391 e. The molecule has 3 heterocycles. The number of aliphatic hydroxyl groups excluding tert-OH is 1. The predicted octanol–water partition coefficient (Wildman–Crippen LogP) is 1.90. The Labute approximate surface area is 170 Å². The maximum absolute atomic E-state index is 10.9. The van der Waals surface area contributed by atoms with Crippen LogP contribution in [0.15, 0.2) is 0 Å². The lowest BCUT2D eigenvalue weighted by Crippen LogP contribution is -2.55. The average molecular weight is 390 g/mol. The van der Waals surface area contributed by atoms with Crippen molar-refractivity contribution in [3.63, 3.8) is 0 Å². The first kappa shape index (κ1) is 20.3. The van der Waals surface area contributed by atoms with Crippen LogP contribution in [-0.4, -0.2) is 88.0 Å². The molecule has 0 bridgehead atoms. The third-order valence-electron chi connectivity index (χ3n) is 7.54. The lowest BCUT2D eigenvalue weighted by molar-refractivity contribution is -0.0249. The summed E-state index contributed by atoms with van der Waals surface area (Å²) in [6.45, 7) is 16.5. The van der Waals surface area contributed by atoms with Crippen LogP contribution in [0.4, 0.5) is 0 Å². The molecule has 1 aliphatic carbocycles. The van der Waals surface area contributed by atoms with Gasteiger partial charge in [0.1, 0.15) is 0 Å². The topological polar surface area (TPSA) is 47.8 Å². The first-order valence-electron chi connectivity index (χ1n) is 11.2. The fourth-order valence-electron chi connectivity index (χ4n) is 5.83. The number of aromatic nitrogens is 2. The molecule has 2 aliphatic heterocycles. The van der Waals surface area contributed by atoms with Crippen molar-refractivity contribution < 1.29 is 5.11 Å². The smallest absolute Gasteiger partial charge is 0.0698 e. The highest BCUT2D eigenvalue weighted by molar-refractivity contribution is 5.25. The Balaban J connectivity index is 1.40. The Bertz CT molecular complexity index is 679. The molecule has 3 aliphatic rings. The molecule has 4 atom stereocenters. The normalized spacial score (nSPS) is 33.0. The number of hydrogen-bond acceptors (Lipinski definition) is 5. The molecular formula is C22H39N5O. The molecule has 1 saturated carbocycles. The number of aliphatic hydroxyl groups is 1. The average Bonchev–Trinajstić information content (AvgIpc) is 3.16. The maximum Gasteiger partial charge on any atom is 0.0698 e. The summed E-state index contributed by atoms with van der Waals surface area (Å²) in [4.78, 5) is 7.58. The van der Waals surface area contributed by atoms with Gasteiger partial charge in [-0.25, -0.2) is 0 Å². The van der Waals surface area contributed by atoms with Crippen molar-refractivity contribution in [1.82, 2.24) is 24.5 Å². The van der Waals surface area contributed by atoms with Crippen LogP contribution in [0.25, 0.3) is 0 Å². The summed E-state index contributed by atoms with van der Waals surface area (Å²) >= 11 is 0. The molecule has 1 aromatic heterocycles. The van der Waals surface area contributed by atoms with Gasteiger partial charge in [-0.1, -0.05) is 0 Å². The second kappa shape index (κ2) is 8.05. The molecule has 0 aromatic carbocycles. The van der Waals surface area contributed by atoms with E-state index < -0.39 is 0 Å². The highest BCUT2D eigenvalue weighted by atomic mass is 16.3. The molecular weight excluding hydrogens is 350 g/mol. The quantitative estimate of drug-likeness (QED) is 0.852. The van der Waals surface area contributed by atoms with Crippen molar-refractivity contribution in [2.45, 2.75) is 65.3 Å². The van der Waals surface area contributed by atoms with Crippen LogP contribution >= 0.6 is 0 Å². The Morgan fingerprint density at radius 2 is 1.68 bits per heavy atom. The fraction of sp³-hybridized carbons (Fsp3) is 0.864. The van der Waals surface area contributed by atoms with Crippen LogP contribution in [0.2, 0.25) is 0 Å². The molecule has 3 fully saturated rings. The van der Waals surface area contributed by atoms with E-state index in [1.165, 1.54) is 23.5 Å². The minimum atomic E-state index is -0.156. The molecule has 0 spiro atoms. The van der Waals surface area contributed by atoms with Gasteiger partial charge in [-0.3, -0.25) is 14.5 Å². The predicted molar refractivity (Wildman–Crippen MR) is 112 cm³/mol. The number of likely N-dealkylation sites (tertiary alicyclic amines) is 1. The summed E-state index contributed by atoms with van der Waals surface area (Å²) in [7, 11) is 2.20. The van der Waals surface area contributed by atoms with E-state index in [0.717, 1.165) is 58.0 Å². The fourth-order valence-corrected chi connectivity index (χ4v) is 5.83. The minimum absolute atomic E-state index is 0.156. The summed E-state index contributed by atoms with van der Waals surface area (Å²) < 4.78 is 2.17. The Kier molecular flexibility index (Phi) is 5.85. The standard InChI is InChI=1S/C22H39N5O/c1-15(2)27-17(4)20(16(3)23-27)14-25-12-18-10-21(22(28)11-19(18)13-25)26-8-6-24(5)7-9-26/h15,18-19,21-22,28H,6-14H2,1-5H3/t18-,19+,21-,22-/m1/s1. The summed E-state index contributed by atoms with van der Waals surface area (Å²) in [5.41, 5.74) is 3.90. The lowest BCUT2D eigenvalue weighted by Gasteiger charge is -2.44. The second-order valence-corrected chi connectivity index (χ2v) is 9.85. The van der Waals surface area contributed by atoms with E-state index in [4.69, 9.17) is 5.10 Å². The van der Waals surface area contributed by atoms with E-state index in [1.807, 2.05) is 0 Å². The van der Waals surface area contributed by atoms with Gasteiger partial charge < -0.3 is 10.0 Å². The van der Waals surface area contributed by atoms with Gasteiger partial charge in [0.25, 0.3) is 0 Å². The SMILES string of the molecule is Cc1nn(C(C)C)c(C)c1CN1C[C@H]2C[C@@H](N3CCN(C)CC3)[C@H](O)C[C@H]2C1. The maximum atomic E-state index is 10.9. The zero-order chi connectivity index (χ0) is 20.0. The van der Waals surface area contributed by atoms with Gasteiger partial charge in [-0.2, -0.15) is 5.10 Å². The van der Waals surface area contributed by atoms with Crippen LogP contribution in [0, 0.1) is 25.7 Å². The molecule has 2 saturated heterocycles. The third-order valence-corrected chi connectivity index (χ3v) is 7.54. The van der Waals surface area contributed by atoms with Crippen LogP contribution in [-0.2, 0) is 6.54 Å². The van der Waals surface area contributed by atoms with Gasteiger partial charge in [0.15, 0.2) is 0 Å². The summed E-state index contributed by atoms with van der Waals surface area (Å²) in [6, 6.07) is 0.773. The van der Waals surface area contributed by atoms with Gasteiger partial charge in [0, 0.05) is 69.2 Å². The van der Waals surface area contributed by atoms with Crippen molar-refractivity contribution in [1.29, 1.82) is 0 Å². The van der Waals surface area contributed by atoms with Crippen LogP contribution in [0.5, 0.6) is 0 Å². The van der Waals surface area contributed by atoms with E-state index in [1.54, 1.807) is 0 Å². The van der Waals surface area contributed by atoms with Crippen LogP contribution in [0.1, 0.15) is 49.7 Å². The zero-order valence-corrected chi connectivity index (χ0v) is 18.4. The molecule has 6 nitrogen and oxygen atoms in total. The van der Waals surface area contributed by atoms with Crippen molar-refractivity contribution in [3.8, 4) is 0 Å². The molecule has 4 rings (SSSR count). The molecule has 158 valence electrons. The first-order chi connectivity index (χ1) is 13.3. The first-order valence-corrected chi connectivity index (χ1v) is 11.2. The molecule has 0 radical (unpaired) electrons. The van der Waals surface area contributed by atoms with Crippen LogP contribution in [0.3, 0.4) is 0 Å². The Morgan fingerprint density at radius 3 is 2.29 bits per heavy atom. The number of piperazine rings is 1. The van der Waals surface area contributed by atoms with Crippen molar-refractivity contribution in [2.24, 2.45) is 11.8 Å². The van der Waals surface area contributed by atoms with Gasteiger partial charge in [0.2, 0.25) is 0 Å². The molecule has 1 aromatic rings. The van der Waals surface area contributed by atoms with Gasteiger partial charge >= 0.3 is 0 Å². The number of likely N-dealkylation sites (N-methyl/N-ethyl adjacent to an activating group) is 1. The van der Waals surface area contributed by atoms with Crippen LogP contribution < -0.4 is 0 Å². The number of nitrogens with zero attached hydrogens (tertiary/aromatic N) is 5. The minimum Gasteiger partial charge on any atom is -0.391 e. The molecule has 1 N–H and O–H groups in total. The number of aryl methyl sites for hydroxylation is 1. The zero-order valence-electron chi connectivity index (χ0n) is 18.4. The third kappa shape index (κ3) is 3.89. The van der Waals surface area contributed by atoms with E-state index in [9.17, 15) is 5.11 Å². The monoisotopic (exact) mass is 389 g/mol. The lowest BCUT2D eigenvalue weighted by atomic mass is 9.77. The van der Waals surface area contributed by atoms with Gasteiger partial charge in [0.05, 0.1) is 11.8 Å². The molecule has 0 amide bonds. The van der Waals surface area contributed by atoms with E-state index in [2.05, 4.69) is 54.1 Å². The summed E-state index contributed by atoms with van der Waals surface area (Å²) in [5.74, 6) is 1.38. The molecule has 6 heteroatoms. The second-order valence-electron chi connectivity index (χ2n) is 9.85. The van der Waals surface area contributed by atoms with E-state index in [-0.39, 0.29) is 6.10 Å². The highest BCUT2D eigenvalue weighted by Crippen LogP contribution is 2.39. The van der Waals surface area contributed by atoms with Crippen molar-refractivity contribution >= 4 is 0 Å². The summed E-state index contributed by atoms with van der Waals surface area (Å²) in [5, 5.41) is 15.6. The van der Waals surface area contributed by atoms with Crippen molar-refractivity contribution in [3.05, 3.63) is 17.0 Å². The molecule has 0 unspecified atom stereocenters. The van der Waals surface area contributed by atoms with E-state index >= 15 is 0 Å². The number of hydrogen-bond donors (Lipinski definition) is 1. The van der Waals surface area contributed by atoms with Gasteiger partial charge in [-0.15, -0.1) is 0 Å². The summed E-state index contributed by atoms with van der Waals surface area (Å²) in [6.07, 6.45) is 1.98. The highest BCUT2D eigenvalue weighted by Gasteiger charge is 2.43. The Morgan fingerprint density at radius 1 is 1.04 bits per heavy atom. The Hall–Kier alpha value is -0.950. The number of rotatable bonds is 4. The van der Waals surface area contributed by atoms with Gasteiger partial charge in [-0.05, 0) is 59.4 Å². The number of fused-ring (bicyclic) bond motifs is 1. The van der Waals surface area contributed by atoms with E-state index in [0.29, 0.717) is 18.0 Å². The molecule has 28 heavy (non-hydrogen) atoms. The van der Waals surface area contributed by atoms with Crippen molar-refractivity contribution in [2.75, 3.05) is 46.3 Å².